The van der Waals surface area contributed by atoms with Gasteiger partial charge in [0, 0.05) is 12.3 Å². The molecule has 1 aliphatic heterocycles. The molecule has 0 spiro atoms. The van der Waals surface area contributed by atoms with Crippen molar-refractivity contribution in [2.75, 3.05) is 6.61 Å². The molecule has 2 N–H and O–H groups in total. The summed E-state index contributed by atoms with van der Waals surface area (Å²) < 4.78 is 5.87. The standard InChI is InChI=1S/C21H34O4/c1-2-3-6-9-17(22)12-13-19-18(16-14-20(19)25-15-16)10-7-4-5-8-11-21(23)24/h4,7,12-13,16-20,22H,2-3,5-6,8-11,14-15H2,1H3,(H,23,24)/b7-4+,13-12?/t16?,17-,18-,19+,20?/m0/s1. The van der Waals surface area contributed by atoms with Crippen LogP contribution in [0.3, 0.4) is 0 Å². The van der Waals surface area contributed by atoms with Gasteiger partial charge in [-0.25, -0.2) is 0 Å². The first-order valence-electron chi connectivity index (χ1n) is 9.96. The van der Waals surface area contributed by atoms with E-state index in [0.29, 0.717) is 30.3 Å². The summed E-state index contributed by atoms with van der Waals surface area (Å²) in [5.74, 6) is 0.902. The molecule has 25 heavy (non-hydrogen) atoms. The summed E-state index contributed by atoms with van der Waals surface area (Å²) in [5.41, 5.74) is 0. The summed E-state index contributed by atoms with van der Waals surface area (Å²) in [6, 6.07) is 0. The van der Waals surface area contributed by atoms with Crippen LogP contribution in [0.15, 0.2) is 24.3 Å². The zero-order valence-electron chi connectivity index (χ0n) is 15.5. The molecule has 1 heterocycles. The molecule has 2 aliphatic rings. The summed E-state index contributed by atoms with van der Waals surface area (Å²) in [6.45, 7) is 3.04. The minimum Gasteiger partial charge on any atom is -0.481 e. The highest BCUT2D eigenvalue weighted by molar-refractivity contribution is 5.66. The largest absolute Gasteiger partial charge is 0.481 e. The first-order chi connectivity index (χ1) is 12.1. The molecule has 2 unspecified atom stereocenters. The second-order valence-corrected chi connectivity index (χ2v) is 7.55. The van der Waals surface area contributed by atoms with Gasteiger partial charge in [0.25, 0.3) is 0 Å². The molecule has 0 radical (unpaired) electrons. The number of carbonyl (C=O) groups is 1. The number of aliphatic carboxylic acids is 1. The van der Waals surface area contributed by atoms with E-state index in [1.165, 1.54) is 12.8 Å². The Kier molecular flexibility index (Phi) is 8.70. The fraction of sp³-hybridized carbons (Fsp3) is 0.762. The monoisotopic (exact) mass is 350 g/mol. The molecule has 1 saturated heterocycles. The number of fused-ring (bicyclic) bond motifs is 2. The number of rotatable bonds is 12. The van der Waals surface area contributed by atoms with Crippen LogP contribution >= 0.6 is 0 Å². The molecular formula is C21H34O4. The highest BCUT2D eigenvalue weighted by atomic mass is 16.5. The molecule has 2 fully saturated rings. The van der Waals surface area contributed by atoms with Gasteiger partial charge in [-0.15, -0.1) is 0 Å². The van der Waals surface area contributed by atoms with Crippen molar-refractivity contribution in [3.63, 3.8) is 0 Å². The van der Waals surface area contributed by atoms with Crippen molar-refractivity contribution in [3.05, 3.63) is 24.3 Å². The van der Waals surface area contributed by atoms with E-state index < -0.39 is 5.97 Å². The lowest BCUT2D eigenvalue weighted by molar-refractivity contribution is -0.137. The van der Waals surface area contributed by atoms with Crippen LogP contribution in [0.1, 0.15) is 64.7 Å². The van der Waals surface area contributed by atoms with E-state index in [1.54, 1.807) is 0 Å². The first kappa shape index (κ1) is 20.2. The average molecular weight is 350 g/mol. The van der Waals surface area contributed by atoms with Gasteiger partial charge in [-0.05, 0) is 43.9 Å². The Morgan fingerprint density at radius 3 is 2.88 bits per heavy atom. The van der Waals surface area contributed by atoms with Gasteiger partial charge in [0.15, 0.2) is 0 Å². The predicted molar refractivity (Wildman–Crippen MR) is 99.4 cm³/mol. The Balaban J connectivity index is 1.78. The van der Waals surface area contributed by atoms with Crippen molar-refractivity contribution in [1.29, 1.82) is 0 Å². The van der Waals surface area contributed by atoms with Gasteiger partial charge in [-0.2, -0.15) is 0 Å². The van der Waals surface area contributed by atoms with Crippen LogP contribution in [-0.2, 0) is 9.53 Å². The third-order valence-corrected chi connectivity index (χ3v) is 5.58. The van der Waals surface area contributed by atoms with E-state index in [1.807, 2.05) is 6.08 Å². The maximum Gasteiger partial charge on any atom is 0.303 e. The van der Waals surface area contributed by atoms with Gasteiger partial charge >= 0.3 is 5.97 Å². The average Bonchev–Trinajstić information content (AvgIpc) is 3.17. The molecule has 4 nitrogen and oxygen atoms in total. The van der Waals surface area contributed by atoms with Crippen LogP contribution < -0.4 is 0 Å². The topological polar surface area (TPSA) is 66.8 Å². The SMILES string of the molecule is CCCCC[C@H](O)C=C[C@H]1C2CC(CO2)[C@@H]1C/C=C/CCCC(=O)O. The fourth-order valence-electron chi connectivity index (χ4n) is 4.15. The Labute approximate surface area is 152 Å². The normalized spacial score (nSPS) is 29.8. The summed E-state index contributed by atoms with van der Waals surface area (Å²) in [7, 11) is 0. The molecule has 1 aliphatic carbocycles. The number of carboxylic acid groups (broad SMARTS) is 1. The molecule has 0 aromatic carbocycles. The van der Waals surface area contributed by atoms with Gasteiger partial charge in [0.05, 0.1) is 18.8 Å². The van der Waals surface area contributed by atoms with E-state index in [-0.39, 0.29) is 12.5 Å². The number of hydrogen-bond donors (Lipinski definition) is 2. The number of hydrogen-bond acceptors (Lipinski definition) is 3. The van der Waals surface area contributed by atoms with Crippen LogP contribution in [0.4, 0.5) is 0 Å². The number of allylic oxidation sites excluding steroid dienone is 2. The van der Waals surface area contributed by atoms with Crippen LogP contribution in [0.25, 0.3) is 0 Å². The van der Waals surface area contributed by atoms with Crippen molar-refractivity contribution in [2.24, 2.45) is 17.8 Å². The lowest BCUT2D eigenvalue weighted by Crippen LogP contribution is -2.27. The zero-order valence-corrected chi connectivity index (χ0v) is 15.5. The lowest BCUT2D eigenvalue weighted by atomic mass is 9.84. The minimum absolute atomic E-state index is 0.244. The summed E-state index contributed by atoms with van der Waals surface area (Å²) >= 11 is 0. The second-order valence-electron chi connectivity index (χ2n) is 7.55. The maximum atomic E-state index is 10.5. The van der Waals surface area contributed by atoms with Crippen LogP contribution in [0.5, 0.6) is 0 Å². The summed E-state index contributed by atoms with van der Waals surface area (Å²) in [4.78, 5) is 10.5. The summed E-state index contributed by atoms with van der Waals surface area (Å²) in [6.07, 6.45) is 16.7. The molecule has 2 bridgehead atoms. The quantitative estimate of drug-likeness (QED) is 0.406. The highest BCUT2D eigenvalue weighted by Crippen LogP contribution is 2.47. The number of aliphatic hydroxyl groups excluding tert-OH is 1. The Bertz CT molecular complexity index is 457. The van der Waals surface area contributed by atoms with Crippen LogP contribution in [-0.4, -0.2) is 35.0 Å². The predicted octanol–water partition coefficient (Wildman–Crippen LogP) is 4.34. The molecule has 142 valence electrons. The molecular weight excluding hydrogens is 316 g/mol. The molecule has 2 rings (SSSR count). The Morgan fingerprint density at radius 2 is 2.12 bits per heavy atom. The molecule has 1 saturated carbocycles. The number of unbranched alkanes of at least 4 members (excludes halogenated alkanes) is 3. The first-order valence-corrected chi connectivity index (χ1v) is 9.96. The van der Waals surface area contributed by atoms with Gasteiger partial charge in [0.2, 0.25) is 0 Å². The van der Waals surface area contributed by atoms with Crippen LogP contribution in [0.2, 0.25) is 0 Å². The van der Waals surface area contributed by atoms with E-state index in [9.17, 15) is 9.90 Å². The van der Waals surface area contributed by atoms with E-state index in [0.717, 1.165) is 38.7 Å². The van der Waals surface area contributed by atoms with Crippen LogP contribution in [0, 0.1) is 17.8 Å². The summed E-state index contributed by atoms with van der Waals surface area (Å²) in [5, 5.41) is 18.8. The van der Waals surface area contributed by atoms with E-state index >= 15 is 0 Å². The fourth-order valence-corrected chi connectivity index (χ4v) is 4.15. The van der Waals surface area contributed by atoms with Crippen molar-refractivity contribution < 1.29 is 19.7 Å². The third kappa shape index (κ3) is 6.59. The third-order valence-electron chi connectivity index (χ3n) is 5.58. The molecule has 4 heteroatoms. The van der Waals surface area contributed by atoms with Crippen molar-refractivity contribution in [3.8, 4) is 0 Å². The number of ether oxygens (including phenoxy) is 1. The molecule has 0 aromatic rings. The number of carboxylic acids is 1. The Hall–Kier alpha value is -1.13. The maximum absolute atomic E-state index is 10.5. The Morgan fingerprint density at radius 1 is 1.28 bits per heavy atom. The van der Waals surface area contributed by atoms with Gasteiger partial charge in [0.1, 0.15) is 0 Å². The van der Waals surface area contributed by atoms with Gasteiger partial charge in [-0.1, -0.05) is 50.5 Å². The van der Waals surface area contributed by atoms with Crippen molar-refractivity contribution in [1.82, 2.24) is 0 Å². The molecule has 0 amide bonds. The smallest absolute Gasteiger partial charge is 0.303 e. The molecule has 5 atom stereocenters. The van der Waals surface area contributed by atoms with Crippen molar-refractivity contribution in [2.45, 2.75) is 76.9 Å². The lowest BCUT2D eigenvalue weighted by Gasteiger charge is -2.28. The van der Waals surface area contributed by atoms with E-state index in [2.05, 4.69) is 25.2 Å². The highest BCUT2D eigenvalue weighted by Gasteiger charge is 2.46. The zero-order chi connectivity index (χ0) is 18.1. The van der Waals surface area contributed by atoms with Crippen molar-refractivity contribution >= 4 is 5.97 Å². The van der Waals surface area contributed by atoms with E-state index in [4.69, 9.17) is 9.84 Å². The van der Waals surface area contributed by atoms with Gasteiger partial charge in [-0.3, -0.25) is 4.79 Å². The minimum atomic E-state index is -0.721. The second kappa shape index (κ2) is 10.8. The molecule has 0 aromatic heterocycles. The van der Waals surface area contributed by atoms with Gasteiger partial charge < -0.3 is 14.9 Å². The number of aliphatic hydroxyl groups is 1.